The van der Waals surface area contributed by atoms with E-state index in [1.165, 1.54) is 0 Å². The van der Waals surface area contributed by atoms with Crippen LogP contribution in [0.3, 0.4) is 0 Å². The van der Waals surface area contributed by atoms with Gasteiger partial charge in [0.25, 0.3) is 0 Å². The van der Waals surface area contributed by atoms with Crippen LogP contribution in [0.15, 0.2) is 12.4 Å². The highest BCUT2D eigenvalue weighted by Gasteiger charge is 2.27. The van der Waals surface area contributed by atoms with Crippen LogP contribution in [-0.4, -0.2) is 94.8 Å². The maximum atomic E-state index is 12.5. The van der Waals surface area contributed by atoms with Crippen LogP contribution in [-0.2, 0) is 20.9 Å². The summed E-state index contributed by atoms with van der Waals surface area (Å²) >= 11 is 0. The van der Waals surface area contributed by atoms with Crippen molar-refractivity contribution in [3.05, 3.63) is 18.0 Å². The zero-order valence-corrected chi connectivity index (χ0v) is 15.1. The van der Waals surface area contributed by atoms with E-state index in [2.05, 4.69) is 10.00 Å². The summed E-state index contributed by atoms with van der Waals surface area (Å²) < 4.78 is 7.71. The number of hydrogen-bond donors (Lipinski definition) is 0. The second-order valence-corrected chi connectivity index (χ2v) is 6.85. The molecule has 3 rings (SSSR count). The lowest BCUT2D eigenvalue weighted by atomic mass is 10.2. The zero-order chi connectivity index (χ0) is 17.8. The molecule has 1 atom stereocenters. The number of nitrogens with zero attached hydrogens (tertiary/aromatic N) is 5. The molecule has 2 saturated heterocycles. The average Bonchev–Trinajstić information content (AvgIpc) is 3.00. The first-order valence-corrected chi connectivity index (χ1v) is 8.87. The van der Waals surface area contributed by atoms with Crippen LogP contribution in [0.5, 0.6) is 0 Å². The summed E-state index contributed by atoms with van der Waals surface area (Å²) in [4.78, 5) is 29.7. The normalized spacial score (nSPS) is 22.2. The molecule has 2 amide bonds. The molecule has 0 unspecified atom stereocenters. The molecule has 25 heavy (non-hydrogen) atoms. The summed E-state index contributed by atoms with van der Waals surface area (Å²) in [6.45, 7) is 9.36. The van der Waals surface area contributed by atoms with Gasteiger partial charge in [-0.25, -0.2) is 0 Å². The Balaban J connectivity index is 1.46. The van der Waals surface area contributed by atoms with E-state index >= 15 is 0 Å². The molecule has 1 aromatic heterocycles. The maximum Gasteiger partial charge on any atom is 0.236 e. The Bertz CT molecular complexity index is 609. The number of morpholine rings is 1. The van der Waals surface area contributed by atoms with Gasteiger partial charge in [-0.05, 0) is 12.5 Å². The third kappa shape index (κ3) is 4.79. The first-order chi connectivity index (χ1) is 12.0. The second kappa shape index (κ2) is 7.97. The smallest absolute Gasteiger partial charge is 0.236 e. The average molecular weight is 349 g/mol. The van der Waals surface area contributed by atoms with E-state index in [-0.39, 0.29) is 17.9 Å². The van der Waals surface area contributed by atoms with Gasteiger partial charge in [0.2, 0.25) is 11.8 Å². The molecule has 2 aliphatic rings. The van der Waals surface area contributed by atoms with Gasteiger partial charge in [-0.2, -0.15) is 5.10 Å². The van der Waals surface area contributed by atoms with Gasteiger partial charge in [0.05, 0.1) is 32.0 Å². The fourth-order valence-electron chi connectivity index (χ4n) is 3.37. The first-order valence-electron chi connectivity index (χ1n) is 8.87. The maximum absolute atomic E-state index is 12.5. The third-order valence-corrected chi connectivity index (χ3v) is 4.81. The lowest BCUT2D eigenvalue weighted by molar-refractivity contribution is -0.140. The van der Waals surface area contributed by atoms with Crippen molar-refractivity contribution < 1.29 is 14.3 Å². The lowest BCUT2D eigenvalue weighted by Gasteiger charge is -2.37. The summed E-state index contributed by atoms with van der Waals surface area (Å²) in [7, 11) is 0. The van der Waals surface area contributed by atoms with Gasteiger partial charge in [-0.15, -0.1) is 0 Å². The van der Waals surface area contributed by atoms with Crippen LogP contribution in [0.4, 0.5) is 0 Å². The molecule has 0 aliphatic carbocycles. The van der Waals surface area contributed by atoms with Gasteiger partial charge in [0.1, 0.15) is 0 Å². The van der Waals surface area contributed by atoms with Crippen LogP contribution in [0.1, 0.15) is 12.5 Å². The van der Waals surface area contributed by atoms with E-state index in [1.54, 1.807) is 11.8 Å². The lowest BCUT2D eigenvalue weighted by Crippen LogP contribution is -2.54. The molecule has 0 bridgehead atoms. The minimum absolute atomic E-state index is 0.0513. The number of aryl methyl sites for hydroxylation is 1. The molecule has 3 heterocycles. The monoisotopic (exact) mass is 349 g/mol. The number of piperazine rings is 1. The molecule has 8 nitrogen and oxygen atoms in total. The van der Waals surface area contributed by atoms with Crippen molar-refractivity contribution in [2.75, 3.05) is 52.4 Å². The van der Waals surface area contributed by atoms with Gasteiger partial charge < -0.3 is 14.5 Å². The fourth-order valence-corrected chi connectivity index (χ4v) is 3.37. The van der Waals surface area contributed by atoms with Crippen LogP contribution >= 0.6 is 0 Å². The standard InChI is InChI=1S/C17H27N5O3/c1-14-9-18-22(10-14)12-16-11-19(7-8-25-16)13-17(24)21-5-3-20(4-6-21)15(2)23/h9-10,16H,3-8,11-13H2,1-2H3/t16-/m1/s1. The Morgan fingerprint density at radius 2 is 1.92 bits per heavy atom. The number of amides is 2. The number of aromatic nitrogens is 2. The van der Waals surface area contributed by atoms with Crippen molar-refractivity contribution in [2.45, 2.75) is 26.5 Å². The Morgan fingerprint density at radius 1 is 1.20 bits per heavy atom. The van der Waals surface area contributed by atoms with E-state index in [9.17, 15) is 9.59 Å². The van der Waals surface area contributed by atoms with E-state index in [4.69, 9.17) is 4.74 Å². The number of carbonyl (C=O) groups excluding carboxylic acids is 2. The van der Waals surface area contributed by atoms with Gasteiger partial charge in [0.15, 0.2) is 0 Å². The van der Waals surface area contributed by atoms with Crippen molar-refractivity contribution in [3.63, 3.8) is 0 Å². The number of hydrogen-bond acceptors (Lipinski definition) is 5. The SMILES string of the molecule is CC(=O)N1CCN(C(=O)CN2CCO[C@@H](Cn3cc(C)cn3)C2)CC1. The highest BCUT2D eigenvalue weighted by Crippen LogP contribution is 2.10. The predicted molar refractivity (Wildman–Crippen MR) is 92.0 cm³/mol. The number of rotatable bonds is 4. The zero-order valence-electron chi connectivity index (χ0n) is 15.1. The Hall–Kier alpha value is -1.93. The molecule has 8 heteroatoms. The molecule has 0 N–H and O–H groups in total. The minimum atomic E-state index is 0.0513. The van der Waals surface area contributed by atoms with E-state index < -0.39 is 0 Å². The van der Waals surface area contributed by atoms with E-state index in [0.717, 1.165) is 18.7 Å². The van der Waals surface area contributed by atoms with Crippen molar-refractivity contribution in [1.29, 1.82) is 0 Å². The highest BCUT2D eigenvalue weighted by atomic mass is 16.5. The van der Waals surface area contributed by atoms with Crippen molar-refractivity contribution in [1.82, 2.24) is 24.5 Å². The molecule has 1 aromatic rings. The summed E-state index contributed by atoms with van der Waals surface area (Å²) in [5.74, 6) is 0.218. The van der Waals surface area contributed by atoms with Crippen LogP contribution in [0.2, 0.25) is 0 Å². The summed E-state index contributed by atoms with van der Waals surface area (Å²) in [6.07, 6.45) is 3.89. The molecular weight excluding hydrogens is 322 g/mol. The quantitative estimate of drug-likeness (QED) is 0.739. The van der Waals surface area contributed by atoms with Crippen LogP contribution < -0.4 is 0 Å². The van der Waals surface area contributed by atoms with Gasteiger partial charge >= 0.3 is 0 Å². The predicted octanol–water partition coefficient (Wildman–Crippen LogP) is -0.417. The number of carbonyl (C=O) groups is 2. The fraction of sp³-hybridized carbons (Fsp3) is 0.706. The Kier molecular flexibility index (Phi) is 5.70. The van der Waals surface area contributed by atoms with Crippen LogP contribution in [0.25, 0.3) is 0 Å². The van der Waals surface area contributed by atoms with Gasteiger partial charge in [-0.3, -0.25) is 19.2 Å². The first kappa shape index (κ1) is 17.9. The minimum Gasteiger partial charge on any atom is -0.374 e. The third-order valence-electron chi connectivity index (χ3n) is 4.81. The van der Waals surface area contributed by atoms with Crippen molar-refractivity contribution >= 4 is 11.8 Å². The number of ether oxygens (including phenoxy) is 1. The molecule has 2 fully saturated rings. The molecule has 0 aromatic carbocycles. The second-order valence-electron chi connectivity index (χ2n) is 6.85. The van der Waals surface area contributed by atoms with Crippen molar-refractivity contribution in [2.24, 2.45) is 0 Å². The van der Waals surface area contributed by atoms with Gasteiger partial charge in [-0.1, -0.05) is 0 Å². The molecule has 0 saturated carbocycles. The largest absolute Gasteiger partial charge is 0.374 e. The Morgan fingerprint density at radius 3 is 2.56 bits per heavy atom. The topological polar surface area (TPSA) is 70.9 Å². The van der Waals surface area contributed by atoms with Gasteiger partial charge in [0, 0.05) is 52.4 Å². The summed E-state index contributed by atoms with van der Waals surface area (Å²) in [5.41, 5.74) is 1.13. The summed E-state index contributed by atoms with van der Waals surface area (Å²) in [6, 6.07) is 0. The highest BCUT2D eigenvalue weighted by molar-refractivity contribution is 5.79. The molecule has 138 valence electrons. The molecular formula is C17H27N5O3. The molecule has 0 radical (unpaired) electrons. The molecule has 0 spiro atoms. The Labute approximate surface area is 148 Å². The van der Waals surface area contributed by atoms with E-state index in [1.807, 2.05) is 28.9 Å². The van der Waals surface area contributed by atoms with Crippen molar-refractivity contribution in [3.8, 4) is 0 Å². The van der Waals surface area contributed by atoms with E-state index in [0.29, 0.717) is 45.9 Å². The summed E-state index contributed by atoms with van der Waals surface area (Å²) in [5, 5.41) is 4.30. The van der Waals surface area contributed by atoms with Crippen LogP contribution in [0, 0.1) is 6.92 Å². The molecule has 2 aliphatic heterocycles.